The van der Waals surface area contributed by atoms with Gasteiger partial charge >= 0.3 is 0 Å². The van der Waals surface area contributed by atoms with Gasteiger partial charge in [0.25, 0.3) is 0 Å². The molecule has 1 N–H and O–H groups in total. The topological polar surface area (TPSA) is 64.7 Å². The lowest BCUT2D eigenvalue weighted by atomic mass is 10.3. The Morgan fingerprint density at radius 3 is 2.80 bits per heavy atom. The van der Waals surface area contributed by atoms with Crippen LogP contribution in [0, 0.1) is 0 Å². The normalized spacial score (nSPS) is 11.1. The van der Waals surface area contributed by atoms with E-state index in [1.807, 2.05) is 13.1 Å². The van der Waals surface area contributed by atoms with Crippen LogP contribution in [0.4, 0.5) is 0 Å². The Hall–Kier alpha value is -2.08. The maximum atomic E-state index is 11.6. The number of halogens is 1. The van der Waals surface area contributed by atoms with E-state index in [-0.39, 0.29) is 5.91 Å². The molecule has 2 aromatic rings. The molecule has 0 atom stereocenters. The number of hydrogen-bond acceptors (Lipinski definition) is 3. The van der Waals surface area contributed by atoms with E-state index in [1.165, 1.54) is 6.08 Å². The van der Waals surface area contributed by atoms with Crippen molar-refractivity contribution in [3.8, 4) is 0 Å². The average molecular weight is 294 g/mol. The van der Waals surface area contributed by atoms with Crippen LogP contribution in [0.1, 0.15) is 12.5 Å². The first kappa shape index (κ1) is 14.3. The third-order valence-corrected chi connectivity index (χ3v) is 2.84. The minimum atomic E-state index is -0.146. The van der Waals surface area contributed by atoms with E-state index in [0.717, 1.165) is 12.1 Å². The Morgan fingerprint density at radius 1 is 1.35 bits per heavy atom. The highest BCUT2D eigenvalue weighted by molar-refractivity contribution is 6.30. The van der Waals surface area contributed by atoms with Gasteiger partial charge in [-0.15, -0.1) is 0 Å². The number of carbonyl (C=O) groups is 1. The Balaban J connectivity index is 1.74. The van der Waals surface area contributed by atoms with Gasteiger partial charge in [-0.3, -0.25) is 14.2 Å². The molecule has 0 aliphatic heterocycles. The summed E-state index contributed by atoms with van der Waals surface area (Å²) in [4.78, 5) is 11.6. The second kappa shape index (κ2) is 6.91. The van der Waals surface area contributed by atoms with E-state index < -0.39 is 0 Å². The molecule has 0 aliphatic rings. The van der Waals surface area contributed by atoms with Gasteiger partial charge in [0.2, 0.25) is 5.91 Å². The lowest BCUT2D eigenvalue weighted by Gasteiger charge is -2.02. The molecule has 0 bridgehead atoms. The zero-order chi connectivity index (χ0) is 14.4. The summed E-state index contributed by atoms with van der Waals surface area (Å²) in [5.41, 5.74) is 0.904. The van der Waals surface area contributed by atoms with Crippen LogP contribution in [0.2, 0.25) is 5.02 Å². The van der Waals surface area contributed by atoms with Gasteiger partial charge in [-0.1, -0.05) is 11.6 Å². The molecule has 0 saturated heterocycles. The fourth-order valence-electron chi connectivity index (χ4n) is 1.62. The molecule has 6 nitrogen and oxygen atoms in total. The summed E-state index contributed by atoms with van der Waals surface area (Å²) in [6.45, 7) is 3.90. The number of nitrogens with one attached hydrogen (secondary N) is 1. The zero-order valence-corrected chi connectivity index (χ0v) is 11.9. The lowest BCUT2D eigenvalue weighted by molar-refractivity contribution is -0.116. The largest absolute Gasteiger partial charge is 0.351 e. The van der Waals surface area contributed by atoms with Crippen LogP contribution in [0.15, 0.2) is 30.9 Å². The molecule has 2 heterocycles. The molecule has 106 valence electrons. The molecule has 0 unspecified atom stereocenters. The van der Waals surface area contributed by atoms with Crippen molar-refractivity contribution in [2.75, 3.05) is 6.54 Å². The van der Waals surface area contributed by atoms with Gasteiger partial charge in [-0.2, -0.15) is 10.2 Å². The molecular formula is C13H16ClN5O. The number of aryl methyl sites for hydroxylation is 1. The van der Waals surface area contributed by atoms with Gasteiger partial charge in [-0.05, 0) is 13.0 Å². The third-order valence-electron chi connectivity index (χ3n) is 2.65. The zero-order valence-electron chi connectivity index (χ0n) is 11.2. The maximum absolute atomic E-state index is 11.6. The fraction of sp³-hybridized carbons (Fsp3) is 0.308. The SMILES string of the molecule is CCn1cc(/C=C/C(=O)NCCn2cc(Cl)cn2)cn1. The molecule has 0 aliphatic carbocycles. The molecule has 0 saturated carbocycles. The van der Waals surface area contributed by atoms with Crippen molar-refractivity contribution in [2.45, 2.75) is 20.0 Å². The predicted molar refractivity (Wildman–Crippen MR) is 77.2 cm³/mol. The van der Waals surface area contributed by atoms with Gasteiger partial charge in [0.05, 0.1) is 24.0 Å². The number of nitrogens with zero attached hydrogens (tertiary/aromatic N) is 4. The van der Waals surface area contributed by atoms with E-state index in [4.69, 9.17) is 11.6 Å². The van der Waals surface area contributed by atoms with E-state index in [2.05, 4.69) is 15.5 Å². The highest BCUT2D eigenvalue weighted by Crippen LogP contribution is 2.03. The second-order valence-corrected chi connectivity index (χ2v) is 4.61. The van der Waals surface area contributed by atoms with E-state index >= 15 is 0 Å². The summed E-state index contributed by atoms with van der Waals surface area (Å²) in [6, 6.07) is 0. The standard InChI is InChI=1S/C13H16ClN5O/c1-2-18-9-11(7-16-18)3-4-13(20)15-5-6-19-10-12(14)8-17-19/h3-4,7-10H,2,5-6H2,1H3,(H,15,20)/b4-3+. The third kappa shape index (κ3) is 4.24. The Kier molecular flexibility index (Phi) is 4.95. The molecule has 0 fully saturated rings. The van der Waals surface area contributed by atoms with Crippen LogP contribution < -0.4 is 5.32 Å². The molecule has 20 heavy (non-hydrogen) atoms. The van der Waals surface area contributed by atoms with Crippen LogP contribution in [-0.4, -0.2) is 32.0 Å². The minimum absolute atomic E-state index is 0.146. The van der Waals surface area contributed by atoms with Crippen molar-refractivity contribution in [2.24, 2.45) is 0 Å². The smallest absolute Gasteiger partial charge is 0.244 e. The molecule has 2 rings (SSSR count). The lowest BCUT2D eigenvalue weighted by Crippen LogP contribution is -2.25. The number of rotatable bonds is 6. The summed E-state index contributed by atoms with van der Waals surface area (Å²) in [5, 5.41) is 11.5. The molecule has 1 amide bonds. The quantitative estimate of drug-likeness (QED) is 0.823. The predicted octanol–water partition coefficient (Wildman–Crippen LogP) is 1.58. The van der Waals surface area contributed by atoms with Crippen molar-refractivity contribution in [1.82, 2.24) is 24.9 Å². The molecule has 2 aromatic heterocycles. The first-order valence-electron chi connectivity index (χ1n) is 6.33. The maximum Gasteiger partial charge on any atom is 0.244 e. The Morgan fingerprint density at radius 2 is 2.15 bits per heavy atom. The van der Waals surface area contributed by atoms with E-state index in [9.17, 15) is 4.79 Å². The first-order chi connectivity index (χ1) is 9.67. The van der Waals surface area contributed by atoms with Crippen LogP contribution >= 0.6 is 11.6 Å². The number of carbonyl (C=O) groups excluding carboxylic acids is 1. The van der Waals surface area contributed by atoms with Crippen LogP contribution in [0.25, 0.3) is 6.08 Å². The van der Waals surface area contributed by atoms with Crippen LogP contribution in [0.5, 0.6) is 0 Å². The van der Waals surface area contributed by atoms with Gasteiger partial charge in [0, 0.05) is 37.1 Å². The minimum Gasteiger partial charge on any atom is -0.351 e. The monoisotopic (exact) mass is 293 g/mol. The van der Waals surface area contributed by atoms with Crippen molar-refractivity contribution >= 4 is 23.6 Å². The van der Waals surface area contributed by atoms with Crippen LogP contribution in [0.3, 0.4) is 0 Å². The second-order valence-electron chi connectivity index (χ2n) is 4.18. The van der Waals surface area contributed by atoms with Gasteiger partial charge < -0.3 is 5.32 Å². The van der Waals surface area contributed by atoms with Gasteiger partial charge in [-0.25, -0.2) is 0 Å². The van der Waals surface area contributed by atoms with Crippen molar-refractivity contribution in [3.05, 3.63) is 41.4 Å². The van der Waals surface area contributed by atoms with Crippen molar-refractivity contribution in [1.29, 1.82) is 0 Å². The molecule has 0 aromatic carbocycles. The summed E-state index contributed by atoms with van der Waals surface area (Å²) in [7, 11) is 0. The summed E-state index contributed by atoms with van der Waals surface area (Å²) in [6.07, 6.45) is 10.1. The highest BCUT2D eigenvalue weighted by atomic mass is 35.5. The molecule has 0 spiro atoms. The number of aromatic nitrogens is 4. The van der Waals surface area contributed by atoms with Gasteiger partial charge in [0.1, 0.15) is 0 Å². The average Bonchev–Trinajstić information content (AvgIpc) is 3.05. The van der Waals surface area contributed by atoms with E-state index in [0.29, 0.717) is 18.1 Å². The summed E-state index contributed by atoms with van der Waals surface area (Å²) in [5.74, 6) is -0.146. The fourth-order valence-corrected chi connectivity index (χ4v) is 1.78. The molecular weight excluding hydrogens is 278 g/mol. The first-order valence-corrected chi connectivity index (χ1v) is 6.71. The van der Waals surface area contributed by atoms with Gasteiger partial charge in [0.15, 0.2) is 0 Å². The number of amides is 1. The van der Waals surface area contributed by atoms with Crippen molar-refractivity contribution < 1.29 is 4.79 Å². The summed E-state index contributed by atoms with van der Waals surface area (Å²) < 4.78 is 3.48. The van der Waals surface area contributed by atoms with Crippen LogP contribution in [-0.2, 0) is 17.9 Å². The Labute approximate surface area is 122 Å². The summed E-state index contributed by atoms with van der Waals surface area (Å²) >= 11 is 5.74. The molecule has 7 heteroatoms. The van der Waals surface area contributed by atoms with Crippen molar-refractivity contribution in [3.63, 3.8) is 0 Å². The van der Waals surface area contributed by atoms with E-state index in [1.54, 1.807) is 34.0 Å². The highest BCUT2D eigenvalue weighted by Gasteiger charge is 1.98. The molecule has 0 radical (unpaired) electrons. The Bertz CT molecular complexity index is 601. The number of hydrogen-bond donors (Lipinski definition) is 1.